The second kappa shape index (κ2) is 8.09. The maximum atomic E-state index is 13.7. The summed E-state index contributed by atoms with van der Waals surface area (Å²) in [6.45, 7) is 0. The van der Waals surface area contributed by atoms with Crippen molar-refractivity contribution in [3.05, 3.63) is 83.8 Å². The van der Waals surface area contributed by atoms with Crippen molar-refractivity contribution in [1.29, 1.82) is 0 Å². The number of nitrogens with zero attached hydrogens (tertiary/aromatic N) is 1. The third-order valence-corrected chi connectivity index (χ3v) is 3.70. The van der Waals surface area contributed by atoms with E-state index in [-0.39, 0.29) is 5.69 Å². The first-order chi connectivity index (χ1) is 13.1. The maximum absolute atomic E-state index is 13.7. The normalized spacial score (nSPS) is 10.1. The predicted octanol–water partition coefficient (Wildman–Crippen LogP) is 4.00. The summed E-state index contributed by atoms with van der Waals surface area (Å²) in [7, 11) is 1.31. The number of para-hydroxylation sites is 1. The molecule has 3 aromatic rings. The van der Waals surface area contributed by atoms with Crippen molar-refractivity contribution in [2.45, 2.75) is 0 Å². The molecule has 0 aliphatic carbocycles. The van der Waals surface area contributed by atoms with E-state index >= 15 is 0 Å². The van der Waals surface area contributed by atoms with Gasteiger partial charge in [0.1, 0.15) is 11.6 Å². The maximum Gasteiger partial charge on any atom is 0.337 e. The van der Waals surface area contributed by atoms with Crippen molar-refractivity contribution < 1.29 is 18.7 Å². The second-order valence-corrected chi connectivity index (χ2v) is 5.56. The number of esters is 1. The summed E-state index contributed by atoms with van der Waals surface area (Å²) >= 11 is 0. The molecule has 1 aromatic heterocycles. The van der Waals surface area contributed by atoms with Crippen LogP contribution in [0, 0.1) is 5.82 Å². The molecule has 27 heavy (non-hydrogen) atoms. The molecule has 0 saturated heterocycles. The van der Waals surface area contributed by atoms with Gasteiger partial charge in [0, 0.05) is 17.4 Å². The highest BCUT2D eigenvalue weighted by molar-refractivity contribution is 6.04. The van der Waals surface area contributed by atoms with E-state index in [1.54, 1.807) is 36.4 Å². The van der Waals surface area contributed by atoms with E-state index in [0.29, 0.717) is 22.6 Å². The molecule has 0 saturated carbocycles. The van der Waals surface area contributed by atoms with Crippen LogP contribution >= 0.6 is 0 Å². The zero-order chi connectivity index (χ0) is 19.2. The van der Waals surface area contributed by atoms with Gasteiger partial charge in [-0.1, -0.05) is 18.2 Å². The third kappa shape index (κ3) is 4.46. The van der Waals surface area contributed by atoms with Gasteiger partial charge in [0.25, 0.3) is 5.91 Å². The fraction of sp³-hybridized carbons (Fsp3) is 0.0500. The lowest BCUT2D eigenvalue weighted by Crippen LogP contribution is -2.13. The summed E-state index contributed by atoms with van der Waals surface area (Å²) < 4.78 is 18.4. The lowest BCUT2D eigenvalue weighted by Gasteiger charge is -2.09. The van der Waals surface area contributed by atoms with Gasteiger partial charge in [0.05, 0.1) is 18.4 Å². The number of rotatable bonds is 5. The molecule has 3 rings (SSSR count). The van der Waals surface area contributed by atoms with Crippen LogP contribution in [-0.4, -0.2) is 24.0 Å². The van der Waals surface area contributed by atoms with Crippen molar-refractivity contribution in [1.82, 2.24) is 4.98 Å². The van der Waals surface area contributed by atoms with E-state index in [4.69, 9.17) is 4.74 Å². The molecule has 0 spiro atoms. The van der Waals surface area contributed by atoms with E-state index in [9.17, 15) is 14.0 Å². The molecular weight excluding hydrogens is 349 g/mol. The Hall–Kier alpha value is -3.74. The van der Waals surface area contributed by atoms with Crippen molar-refractivity contribution in [3.63, 3.8) is 0 Å². The van der Waals surface area contributed by atoms with Crippen LogP contribution in [0.25, 0.3) is 0 Å². The molecule has 0 aliphatic heterocycles. The molecule has 0 bridgehead atoms. The van der Waals surface area contributed by atoms with Crippen LogP contribution in [-0.2, 0) is 4.74 Å². The summed E-state index contributed by atoms with van der Waals surface area (Å²) in [6, 6.07) is 15.7. The number of carbonyl (C=O) groups excluding carboxylic acids is 2. The number of aromatic nitrogens is 1. The SMILES string of the molecule is COC(=O)c1cccc(Nc2cc(C(=O)Nc3ccccc3F)ccn2)c1. The molecule has 0 fully saturated rings. The van der Waals surface area contributed by atoms with Gasteiger partial charge in [-0.05, 0) is 42.5 Å². The number of anilines is 3. The highest BCUT2D eigenvalue weighted by Crippen LogP contribution is 2.19. The number of ether oxygens (including phenoxy) is 1. The number of hydrogen-bond acceptors (Lipinski definition) is 5. The molecule has 1 heterocycles. The van der Waals surface area contributed by atoms with E-state index in [2.05, 4.69) is 15.6 Å². The Morgan fingerprint density at radius 1 is 1.00 bits per heavy atom. The van der Waals surface area contributed by atoms with Crippen LogP contribution < -0.4 is 10.6 Å². The standard InChI is InChI=1S/C20H16FN3O3/c1-27-20(26)14-5-4-6-15(11-14)23-18-12-13(9-10-22-18)19(25)24-17-8-3-2-7-16(17)21/h2-12H,1H3,(H,22,23)(H,24,25). The molecule has 0 aliphatic rings. The van der Waals surface area contributed by atoms with Crippen molar-refractivity contribution in [2.75, 3.05) is 17.7 Å². The Morgan fingerprint density at radius 3 is 2.59 bits per heavy atom. The minimum Gasteiger partial charge on any atom is -0.465 e. The first kappa shape index (κ1) is 18.1. The smallest absolute Gasteiger partial charge is 0.337 e. The zero-order valence-electron chi connectivity index (χ0n) is 14.4. The van der Waals surface area contributed by atoms with Gasteiger partial charge in [-0.15, -0.1) is 0 Å². The van der Waals surface area contributed by atoms with E-state index in [1.807, 2.05) is 0 Å². The number of halogens is 1. The Bertz CT molecular complexity index is 991. The summed E-state index contributed by atoms with van der Waals surface area (Å²) in [5.41, 5.74) is 1.40. The molecular formula is C20H16FN3O3. The third-order valence-electron chi connectivity index (χ3n) is 3.70. The van der Waals surface area contributed by atoms with Crippen molar-refractivity contribution in [3.8, 4) is 0 Å². The monoisotopic (exact) mass is 365 g/mol. The first-order valence-electron chi connectivity index (χ1n) is 8.04. The van der Waals surface area contributed by atoms with Crippen LogP contribution in [0.3, 0.4) is 0 Å². The van der Waals surface area contributed by atoms with Gasteiger partial charge in [0.15, 0.2) is 0 Å². The number of methoxy groups -OCH3 is 1. The predicted molar refractivity (Wildman–Crippen MR) is 99.7 cm³/mol. The first-order valence-corrected chi connectivity index (χ1v) is 8.04. The number of carbonyl (C=O) groups is 2. The molecule has 7 heteroatoms. The largest absolute Gasteiger partial charge is 0.465 e. The van der Waals surface area contributed by atoms with Gasteiger partial charge in [-0.25, -0.2) is 14.2 Å². The molecule has 2 N–H and O–H groups in total. The van der Waals surface area contributed by atoms with Crippen LogP contribution in [0.2, 0.25) is 0 Å². The quantitative estimate of drug-likeness (QED) is 0.668. The highest BCUT2D eigenvalue weighted by atomic mass is 19.1. The van der Waals surface area contributed by atoms with Crippen molar-refractivity contribution >= 4 is 29.1 Å². The Kier molecular flexibility index (Phi) is 5.41. The summed E-state index contributed by atoms with van der Waals surface area (Å²) in [5.74, 6) is -1.03. The van der Waals surface area contributed by atoms with Crippen LogP contribution in [0.15, 0.2) is 66.9 Å². The molecule has 1 amide bonds. The lowest BCUT2D eigenvalue weighted by atomic mass is 10.2. The number of pyridine rings is 1. The molecule has 0 radical (unpaired) electrons. The number of amides is 1. The molecule has 136 valence electrons. The minimum absolute atomic E-state index is 0.0969. The van der Waals surface area contributed by atoms with Crippen LogP contribution in [0.4, 0.5) is 21.6 Å². The Labute approximate surface area is 155 Å². The van der Waals surface area contributed by atoms with Crippen LogP contribution in [0.5, 0.6) is 0 Å². The van der Waals surface area contributed by atoms with E-state index in [1.165, 1.54) is 37.6 Å². The zero-order valence-corrected chi connectivity index (χ0v) is 14.4. The summed E-state index contributed by atoms with van der Waals surface area (Å²) in [4.78, 5) is 28.1. The average Bonchev–Trinajstić information content (AvgIpc) is 2.69. The molecule has 0 unspecified atom stereocenters. The fourth-order valence-electron chi connectivity index (χ4n) is 2.39. The van der Waals surface area contributed by atoms with Gasteiger partial charge < -0.3 is 15.4 Å². The summed E-state index contributed by atoms with van der Waals surface area (Å²) in [5, 5.41) is 5.54. The lowest BCUT2D eigenvalue weighted by molar-refractivity contribution is 0.0600. The van der Waals surface area contributed by atoms with Gasteiger partial charge >= 0.3 is 5.97 Å². The Balaban J connectivity index is 1.77. The number of hydrogen-bond donors (Lipinski definition) is 2. The number of benzene rings is 2. The van der Waals surface area contributed by atoms with Gasteiger partial charge in [-0.2, -0.15) is 0 Å². The second-order valence-electron chi connectivity index (χ2n) is 5.56. The van der Waals surface area contributed by atoms with Gasteiger partial charge in [-0.3, -0.25) is 4.79 Å². The van der Waals surface area contributed by atoms with Crippen LogP contribution in [0.1, 0.15) is 20.7 Å². The summed E-state index contributed by atoms with van der Waals surface area (Å²) in [6.07, 6.45) is 1.46. The highest BCUT2D eigenvalue weighted by Gasteiger charge is 2.11. The topological polar surface area (TPSA) is 80.3 Å². The molecule has 2 aromatic carbocycles. The Morgan fingerprint density at radius 2 is 1.81 bits per heavy atom. The fourth-order valence-corrected chi connectivity index (χ4v) is 2.39. The van der Waals surface area contributed by atoms with E-state index < -0.39 is 17.7 Å². The molecule has 0 atom stereocenters. The van der Waals surface area contributed by atoms with E-state index in [0.717, 1.165) is 0 Å². The molecule has 6 nitrogen and oxygen atoms in total. The van der Waals surface area contributed by atoms with Crippen molar-refractivity contribution in [2.24, 2.45) is 0 Å². The average molecular weight is 365 g/mol. The number of nitrogens with one attached hydrogen (secondary N) is 2. The minimum atomic E-state index is -0.516. The van der Waals surface area contributed by atoms with Gasteiger partial charge in [0.2, 0.25) is 0 Å².